The molecule has 4 unspecified atom stereocenters. The van der Waals surface area contributed by atoms with Gasteiger partial charge >= 0.3 is 23.9 Å². The summed E-state index contributed by atoms with van der Waals surface area (Å²) in [5, 5.41) is 2.76. The summed E-state index contributed by atoms with van der Waals surface area (Å²) in [4.78, 5) is 59.5. The zero-order valence-electron chi connectivity index (χ0n) is 23.5. The first-order valence-electron chi connectivity index (χ1n) is 13.0. The molecule has 1 amide bonds. The molecule has 1 saturated heterocycles. The fourth-order valence-electron chi connectivity index (χ4n) is 4.18. The van der Waals surface area contributed by atoms with Crippen molar-refractivity contribution in [1.29, 1.82) is 0 Å². The fourth-order valence-corrected chi connectivity index (χ4v) is 4.18. The number of rotatable bonds is 11. The van der Waals surface area contributed by atoms with Crippen molar-refractivity contribution < 1.29 is 56.8 Å². The molecule has 0 saturated carbocycles. The maximum absolute atomic E-state index is 13.1. The summed E-state index contributed by atoms with van der Waals surface area (Å²) < 4.78 is 46.2. The molecule has 0 radical (unpaired) electrons. The molecular formula is C29H32FNO11. The number of amides is 1. The summed E-state index contributed by atoms with van der Waals surface area (Å²) in [6.07, 6.45) is -6.01. The first-order valence-corrected chi connectivity index (χ1v) is 13.0. The van der Waals surface area contributed by atoms with E-state index in [-0.39, 0.29) is 18.3 Å². The molecule has 0 aromatic heterocycles. The van der Waals surface area contributed by atoms with Gasteiger partial charge in [0.2, 0.25) is 12.4 Å². The van der Waals surface area contributed by atoms with E-state index in [0.717, 1.165) is 26.3 Å². The number of nitrogens with one attached hydrogen (secondary N) is 1. The van der Waals surface area contributed by atoms with Crippen molar-refractivity contribution in [2.24, 2.45) is 0 Å². The van der Waals surface area contributed by atoms with E-state index >= 15 is 0 Å². The van der Waals surface area contributed by atoms with Gasteiger partial charge in [0.1, 0.15) is 24.3 Å². The lowest BCUT2D eigenvalue weighted by molar-refractivity contribution is -0.288. The molecule has 1 heterocycles. The third kappa shape index (κ3) is 9.54. The monoisotopic (exact) mass is 589 g/mol. The summed E-state index contributed by atoms with van der Waals surface area (Å²) in [7, 11) is 0. The van der Waals surface area contributed by atoms with E-state index in [1.807, 2.05) is 0 Å². The molecule has 5 atom stereocenters. The molecule has 3 rings (SSSR count). The van der Waals surface area contributed by atoms with Gasteiger partial charge in [0.05, 0.1) is 0 Å². The summed E-state index contributed by atoms with van der Waals surface area (Å²) in [5.41, 5.74) is 1.19. The van der Waals surface area contributed by atoms with Crippen molar-refractivity contribution in [3.8, 4) is 5.75 Å². The normalized spacial score (nSPS) is 21.4. The highest BCUT2D eigenvalue weighted by molar-refractivity contribution is 5.94. The summed E-state index contributed by atoms with van der Waals surface area (Å²) in [6, 6.07) is 11.9. The zero-order valence-corrected chi connectivity index (χ0v) is 23.5. The van der Waals surface area contributed by atoms with E-state index in [4.69, 9.17) is 28.4 Å². The number of esters is 4. The van der Waals surface area contributed by atoms with Gasteiger partial charge in [-0.15, -0.1) is 0 Å². The average Bonchev–Trinajstić information content (AvgIpc) is 2.91. The number of carbonyl (C=O) groups excluding carboxylic acids is 5. The van der Waals surface area contributed by atoms with Crippen LogP contribution in [-0.4, -0.2) is 73.6 Å². The minimum absolute atomic E-state index is 0.287. The Morgan fingerprint density at radius 3 is 1.90 bits per heavy atom. The second-order valence-corrected chi connectivity index (χ2v) is 9.34. The molecule has 2 aromatic carbocycles. The number of halogens is 1. The lowest BCUT2D eigenvalue weighted by Gasteiger charge is -2.43. The van der Waals surface area contributed by atoms with Crippen molar-refractivity contribution in [3.63, 3.8) is 0 Å². The summed E-state index contributed by atoms with van der Waals surface area (Å²) >= 11 is 0. The van der Waals surface area contributed by atoms with Crippen LogP contribution < -0.4 is 10.1 Å². The molecule has 1 aliphatic rings. The van der Waals surface area contributed by atoms with Crippen molar-refractivity contribution in [2.45, 2.75) is 64.8 Å². The van der Waals surface area contributed by atoms with Crippen LogP contribution >= 0.6 is 0 Å². The molecule has 0 bridgehead atoms. The van der Waals surface area contributed by atoms with E-state index < -0.39 is 60.4 Å². The smallest absolute Gasteiger partial charge is 0.303 e. The van der Waals surface area contributed by atoms with Crippen LogP contribution in [0.4, 0.5) is 4.39 Å². The van der Waals surface area contributed by atoms with E-state index in [0.29, 0.717) is 18.5 Å². The number of ether oxygens (including phenoxy) is 6. The Morgan fingerprint density at radius 2 is 1.33 bits per heavy atom. The van der Waals surface area contributed by atoms with Crippen molar-refractivity contribution in [1.82, 2.24) is 5.32 Å². The lowest BCUT2D eigenvalue weighted by Crippen LogP contribution is -2.63. The molecule has 0 aliphatic carbocycles. The topological polar surface area (TPSA) is 153 Å². The Kier molecular flexibility index (Phi) is 11.4. The third-order valence-electron chi connectivity index (χ3n) is 5.93. The molecule has 1 N–H and O–H groups in total. The molecular weight excluding hydrogens is 557 g/mol. The minimum atomic E-state index is -1.36. The molecule has 2 aromatic rings. The molecule has 13 heteroatoms. The van der Waals surface area contributed by atoms with Crippen LogP contribution in [-0.2, 0) is 49.3 Å². The standard InChI is InChI=1S/C29H32FNO11/c1-16(32)37-15-24-25(38-17(2)33)26(39-18(3)34)27(40-19(4)35)29(42-24)41-23-11-5-20(6-12-23)13-14-31-28(36)21-7-9-22(30)10-8-21/h5-12,24-27,29H,13-15H2,1-4H3,(H,31,36)/t24?,25?,26?,27?,29-/m1/s1. The van der Waals surface area contributed by atoms with Crippen LogP contribution in [0.3, 0.4) is 0 Å². The number of hydrogen-bond donors (Lipinski definition) is 1. The maximum Gasteiger partial charge on any atom is 0.303 e. The predicted molar refractivity (Wildman–Crippen MR) is 141 cm³/mol. The SMILES string of the molecule is CC(=O)OCC1O[C@@H](Oc2ccc(CCNC(=O)c3ccc(F)cc3)cc2)C(OC(C)=O)C(OC(C)=O)C1OC(C)=O. The van der Waals surface area contributed by atoms with Crippen LogP contribution in [0.2, 0.25) is 0 Å². The van der Waals surface area contributed by atoms with E-state index in [1.54, 1.807) is 24.3 Å². The number of benzene rings is 2. The van der Waals surface area contributed by atoms with E-state index in [9.17, 15) is 28.4 Å². The zero-order chi connectivity index (χ0) is 30.8. The van der Waals surface area contributed by atoms with Gasteiger partial charge in [0.25, 0.3) is 5.91 Å². The molecule has 1 aliphatic heterocycles. The van der Waals surface area contributed by atoms with Gasteiger partial charge in [-0.05, 0) is 48.4 Å². The van der Waals surface area contributed by atoms with Crippen molar-refractivity contribution in [2.75, 3.05) is 13.2 Å². The second kappa shape index (κ2) is 14.9. The molecule has 12 nitrogen and oxygen atoms in total. The quantitative estimate of drug-likeness (QED) is 0.303. The fraction of sp³-hybridized carbons (Fsp3) is 0.414. The van der Waals surface area contributed by atoms with Crippen LogP contribution in [0.25, 0.3) is 0 Å². The van der Waals surface area contributed by atoms with Crippen LogP contribution in [0.5, 0.6) is 5.75 Å². The van der Waals surface area contributed by atoms with E-state index in [2.05, 4.69) is 5.32 Å². The Labute approximate surface area is 241 Å². The Bertz CT molecular complexity index is 1270. The summed E-state index contributed by atoms with van der Waals surface area (Å²) in [5.74, 6) is -3.34. The minimum Gasteiger partial charge on any atom is -0.463 e. The van der Waals surface area contributed by atoms with Gasteiger partial charge in [-0.1, -0.05) is 12.1 Å². The molecule has 1 fully saturated rings. The van der Waals surface area contributed by atoms with Gasteiger partial charge in [0.15, 0.2) is 12.2 Å². The average molecular weight is 590 g/mol. The highest BCUT2D eigenvalue weighted by Crippen LogP contribution is 2.31. The molecule has 0 spiro atoms. The first-order chi connectivity index (χ1) is 19.9. The maximum atomic E-state index is 13.1. The van der Waals surface area contributed by atoms with Gasteiger partial charge in [-0.25, -0.2) is 4.39 Å². The van der Waals surface area contributed by atoms with Gasteiger partial charge in [-0.2, -0.15) is 0 Å². The Balaban J connectivity index is 1.74. The molecule has 226 valence electrons. The van der Waals surface area contributed by atoms with Crippen LogP contribution in [0.15, 0.2) is 48.5 Å². The summed E-state index contributed by atoms with van der Waals surface area (Å²) in [6.45, 7) is 4.52. The highest BCUT2D eigenvalue weighted by Gasteiger charge is 2.53. The van der Waals surface area contributed by atoms with Crippen molar-refractivity contribution >= 4 is 29.8 Å². The van der Waals surface area contributed by atoms with Crippen molar-refractivity contribution in [3.05, 3.63) is 65.5 Å². The first kappa shape index (κ1) is 32.0. The largest absolute Gasteiger partial charge is 0.463 e. The predicted octanol–water partition coefficient (Wildman–Crippen LogP) is 2.26. The number of hydrogen-bond acceptors (Lipinski definition) is 11. The highest BCUT2D eigenvalue weighted by atomic mass is 19.1. The van der Waals surface area contributed by atoms with Crippen LogP contribution in [0, 0.1) is 5.82 Å². The van der Waals surface area contributed by atoms with Crippen LogP contribution in [0.1, 0.15) is 43.6 Å². The second-order valence-electron chi connectivity index (χ2n) is 9.34. The van der Waals surface area contributed by atoms with Gasteiger partial charge in [0, 0.05) is 39.8 Å². The Hall–Kier alpha value is -4.52. The number of carbonyl (C=O) groups is 5. The third-order valence-corrected chi connectivity index (χ3v) is 5.93. The van der Waals surface area contributed by atoms with Gasteiger partial charge in [-0.3, -0.25) is 24.0 Å². The molecule has 42 heavy (non-hydrogen) atoms. The lowest BCUT2D eigenvalue weighted by atomic mass is 9.98. The van der Waals surface area contributed by atoms with E-state index in [1.165, 1.54) is 31.2 Å². The Morgan fingerprint density at radius 1 is 0.762 bits per heavy atom. The van der Waals surface area contributed by atoms with Gasteiger partial charge < -0.3 is 33.7 Å².